The van der Waals surface area contributed by atoms with Crippen molar-refractivity contribution in [3.8, 4) is 22.9 Å². The van der Waals surface area contributed by atoms with Gasteiger partial charge in [-0.25, -0.2) is 8.42 Å². The van der Waals surface area contributed by atoms with Crippen LogP contribution in [0.25, 0.3) is 11.4 Å². The molecule has 3 rings (SSSR count). The van der Waals surface area contributed by atoms with Crippen LogP contribution in [0.1, 0.15) is 16.2 Å². The van der Waals surface area contributed by atoms with Gasteiger partial charge in [0.05, 0.1) is 31.2 Å². The van der Waals surface area contributed by atoms with E-state index in [0.717, 1.165) is 4.31 Å². The highest BCUT2D eigenvalue weighted by atomic mass is 32.2. The lowest BCUT2D eigenvalue weighted by atomic mass is 10.2. The van der Waals surface area contributed by atoms with Gasteiger partial charge < -0.3 is 19.3 Å². The molecule has 0 saturated heterocycles. The number of carbonyl (C=O) groups is 1. The number of nitrogens with zero attached hydrogens (tertiary/aromatic N) is 3. The second-order valence-electron chi connectivity index (χ2n) is 6.45. The molecule has 0 radical (unpaired) electrons. The zero-order chi connectivity index (χ0) is 22.6. The predicted octanol–water partition coefficient (Wildman–Crippen LogP) is 1.93. The van der Waals surface area contributed by atoms with E-state index in [1.165, 1.54) is 39.4 Å². The lowest BCUT2D eigenvalue weighted by Gasteiger charge is -2.16. The Morgan fingerprint density at radius 1 is 1.16 bits per heavy atom. The minimum Gasteiger partial charge on any atom is -0.497 e. The molecule has 1 heterocycles. The molecule has 1 N–H and O–H groups in total. The number of amides is 1. The van der Waals surface area contributed by atoms with Crippen LogP contribution in [0.15, 0.2) is 51.9 Å². The molecular formula is C20H22N4O6S. The van der Waals surface area contributed by atoms with Gasteiger partial charge in [-0.2, -0.15) is 9.29 Å². The predicted molar refractivity (Wildman–Crippen MR) is 111 cm³/mol. The normalized spacial score (nSPS) is 11.4. The van der Waals surface area contributed by atoms with Crippen LogP contribution in [0.3, 0.4) is 0 Å². The Balaban J connectivity index is 1.84. The Labute approximate surface area is 179 Å². The Bertz CT molecular complexity index is 1190. The Morgan fingerprint density at radius 3 is 2.61 bits per heavy atom. The minimum absolute atomic E-state index is 0.0677. The Morgan fingerprint density at radius 2 is 1.94 bits per heavy atom. The highest BCUT2D eigenvalue weighted by Crippen LogP contribution is 2.26. The van der Waals surface area contributed by atoms with E-state index in [4.69, 9.17) is 14.0 Å². The first-order valence-electron chi connectivity index (χ1n) is 9.13. The van der Waals surface area contributed by atoms with E-state index in [0.29, 0.717) is 17.1 Å². The van der Waals surface area contributed by atoms with Gasteiger partial charge in [-0.15, -0.1) is 0 Å². The molecular weight excluding hydrogens is 424 g/mol. The van der Waals surface area contributed by atoms with Crippen LogP contribution < -0.4 is 14.8 Å². The summed E-state index contributed by atoms with van der Waals surface area (Å²) in [5.74, 6) is 0.863. The van der Waals surface area contributed by atoms with Crippen molar-refractivity contribution < 1.29 is 27.2 Å². The van der Waals surface area contributed by atoms with Crippen LogP contribution in [-0.4, -0.2) is 57.1 Å². The fraction of sp³-hybridized carbons (Fsp3) is 0.250. The van der Waals surface area contributed by atoms with Crippen molar-refractivity contribution in [3.05, 3.63) is 53.9 Å². The average molecular weight is 446 g/mol. The van der Waals surface area contributed by atoms with Gasteiger partial charge in [0.2, 0.25) is 21.7 Å². The molecule has 1 amide bonds. The quantitative estimate of drug-likeness (QED) is 0.557. The number of rotatable bonds is 8. The van der Waals surface area contributed by atoms with Gasteiger partial charge in [0.1, 0.15) is 11.5 Å². The van der Waals surface area contributed by atoms with Crippen LogP contribution >= 0.6 is 0 Å². The third-order valence-electron chi connectivity index (χ3n) is 4.50. The van der Waals surface area contributed by atoms with Crippen molar-refractivity contribution in [3.63, 3.8) is 0 Å². The maximum absolute atomic E-state index is 13.0. The number of aromatic nitrogens is 2. The zero-order valence-corrected chi connectivity index (χ0v) is 18.3. The number of nitrogens with one attached hydrogen (secondary N) is 1. The van der Waals surface area contributed by atoms with Gasteiger partial charge in [0.25, 0.3) is 5.91 Å². The van der Waals surface area contributed by atoms with E-state index in [1.54, 1.807) is 31.4 Å². The summed E-state index contributed by atoms with van der Waals surface area (Å²) >= 11 is 0. The van der Waals surface area contributed by atoms with Gasteiger partial charge >= 0.3 is 0 Å². The summed E-state index contributed by atoms with van der Waals surface area (Å²) in [6.07, 6.45) is 0. The van der Waals surface area contributed by atoms with Gasteiger partial charge in [0.15, 0.2) is 0 Å². The largest absolute Gasteiger partial charge is 0.497 e. The number of hydrogen-bond donors (Lipinski definition) is 1. The highest BCUT2D eigenvalue weighted by molar-refractivity contribution is 7.89. The lowest BCUT2D eigenvalue weighted by Crippen LogP contribution is -2.27. The smallest absolute Gasteiger partial charge is 0.254 e. The number of hydrogen-bond acceptors (Lipinski definition) is 8. The van der Waals surface area contributed by atoms with E-state index in [9.17, 15) is 13.2 Å². The molecule has 0 aliphatic carbocycles. The van der Waals surface area contributed by atoms with Gasteiger partial charge in [-0.1, -0.05) is 17.3 Å². The first-order chi connectivity index (χ1) is 14.8. The van der Waals surface area contributed by atoms with Crippen LogP contribution in [0.4, 0.5) is 0 Å². The van der Waals surface area contributed by atoms with E-state index in [-0.39, 0.29) is 28.6 Å². The van der Waals surface area contributed by atoms with Crippen molar-refractivity contribution in [2.45, 2.75) is 11.4 Å². The molecule has 0 fully saturated rings. The molecule has 2 aromatic carbocycles. The topological polar surface area (TPSA) is 124 Å². The molecule has 0 spiro atoms. The molecule has 11 heteroatoms. The molecule has 0 bridgehead atoms. The Hall–Kier alpha value is -3.44. The van der Waals surface area contributed by atoms with Crippen LogP contribution in [0.5, 0.6) is 11.5 Å². The fourth-order valence-electron chi connectivity index (χ4n) is 2.81. The molecule has 164 valence electrons. The van der Waals surface area contributed by atoms with Crippen molar-refractivity contribution in [2.24, 2.45) is 0 Å². The van der Waals surface area contributed by atoms with Crippen molar-refractivity contribution in [2.75, 3.05) is 28.3 Å². The lowest BCUT2D eigenvalue weighted by molar-refractivity contribution is 0.0960. The first kappa shape index (κ1) is 22.2. The SMILES string of the molecule is CNC(=O)c1cc(S(=O)(=O)N(C)Cc2nc(-c3cccc(OC)c3)no2)ccc1OC. The third kappa shape index (κ3) is 4.67. The molecule has 0 unspecified atom stereocenters. The molecule has 0 atom stereocenters. The van der Waals surface area contributed by atoms with E-state index in [1.807, 2.05) is 0 Å². The van der Waals surface area contributed by atoms with Crippen molar-refractivity contribution >= 4 is 15.9 Å². The summed E-state index contributed by atoms with van der Waals surface area (Å²) in [7, 11) is 1.84. The van der Waals surface area contributed by atoms with Crippen molar-refractivity contribution in [1.82, 2.24) is 19.8 Å². The second-order valence-corrected chi connectivity index (χ2v) is 8.49. The first-order valence-corrected chi connectivity index (χ1v) is 10.6. The minimum atomic E-state index is -3.94. The number of methoxy groups -OCH3 is 2. The number of sulfonamides is 1. The number of benzene rings is 2. The molecule has 31 heavy (non-hydrogen) atoms. The summed E-state index contributed by atoms with van der Waals surface area (Å²) in [4.78, 5) is 16.3. The van der Waals surface area contributed by atoms with Gasteiger partial charge in [-0.3, -0.25) is 4.79 Å². The van der Waals surface area contributed by atoms with E-state index >= 15 is 0 Å². The fourth-order valence-corrected chi connectivity index (χ4v) is 3.96. The van der Waals surface area contributed by atoms with Crippen LogP contribution in [-0.2, 0) is 16.6 Å². The second kappa shape index (κ2) is 9.14. The average Bonchev–Trinajstić information content (AvgIpc) is 3.26. The summed E-state index contributed by atoms with van der Waals surface area (Å²) in [6.45, 7) is -0.152. The zero-order valence-electron chi connectivity index (χ0n) is 17.4. The third-order valence-corrected chi connectivity index (χ3v) is 6.30. The summed E-state index contributed by atoms with van der Waals surface area (Å²) < 4.78 is 42.6. The highest BCUT2D eigenvalue weighted by Gasteiger charge is 2.25. The Kier molecular flexibility index (Phi) is 6.56. The van der Waals surface area contributed by atoms with Crippen LogP contribution in [0, 0.1) is 0 Å². The monoisotopic (exact) mass is 446 g/mol. The van der Waals surface area contributed by atoms with Gasteiger partial charge in [-0.05, 0) is 30.3 Å². The standard InChI is InChI=1S/C20H22N4O6S/c1-21-20(25)16-11-15(8-9-17(16)29-4)31(26,27)24(2)12-18-22-19(23-30-18)13-6-5-7-14(10-13)28-3/h5-11H,12H2,1-4H3,(H,21,25). The summed E-state index contributed by atoms with van der Waals surface area (Å²) in [6, 6.07) is 11.2. The van der Waals surface area contributed by atoms with Crippen LogP contribution in [0.2, 0.25) is 0 Å². The van der Waals surface area contributed by atoms with Gasteiger partial charge in [0, 0.05) is 19.7 Å². The number of carbonyl (C=O) groups excluding carboxylic acids is 1. The van der Waals surface area contributed by atoms with E-state index in [2.05, 4.69) is 15.5 Å². The van der Waals surface area contributed by atoms with E-state index < -0.39 is 15.9 Å². The molecule has 1 aromatic heterocycles. The molecule has 3 aromatic rings. The molecule has 0 aliphatic rings. The van der Waals surface area contributed by atoms with Crippen molar-refractivity contribution in [1.29, 1.82) is 0 Å². The molecule has 0 saturated carbocycles. The maximum atomic E-state index is 13.0. The number of ether oxygens (including phenoxy) is 2. The summed E-state index contributed by atoms with van der Waals surface area (Å²) in [5, 5.41) is 6.37. The molecule has 10 nitrogen and oxygen atoms in total. The maximum Gasteiger partial charge on any atom is 0.254 e. The summed E-state index contributed by atoms with van der Waals surface area (Å²) in [5.41, 5.74) is 0.780. The molecule has 0 aliphatic heterocycles.